The molecule has 1 aromatic rings. The van der Waals surface area contributed by atoms with Gasteiger partial charge in [0, 0.05) is 26.2 Å². The quantitative estimate of drug-likeness (QED) is 0.315. The lowest BCUT2D eigenvalue weighted by Gasteiger charge is -2.29. The summed E-state index contributed by atoms with van der Waals surface area (Å²) >= 11 is 0. The Hall–Kier alpha value is -0.900. The van der Waals surface area contributed by atoms with Gasteiger partial charge in [-0.1, -0.05) is 26.7 Å². The van der Waals surface area contributed by atoms with Crippen LogP contribution in [0.15, 0.2) is 4.99 Å². The molecule has 0 bridgehead atoms. The molecule has 1 saturated heterocycles. The molecule has 0 aromatic carbocycles. The minimum absolute atomic E-state index is 0. The molecule has 7 nitrogen and oxygen atoms in total. The van der Waals surface area contributed by atoms with Crippen molar-refractivity contribution < 1.29 is 0 Å². The Balaban J connectivity index is 0.00000300. The van der Waals surface area contributed by atoms with E-state index >= 15 is 0 Å². The van der Waals surface area contributed by atoms with Crippen molar-refractivity contribution in [2.45, 2.75) is 78.3 Å². The molecular formula is C21H40IN7. The number of rotatable bonds is 8. The molecule has 1 atom stereocenters. The van der Waals surface area contributed by atoms with Crippen LogP contribution >= 0.6 is 24.0 Å². The van der Waals surface area contributed by atoms with Gasteiger partial charge in [0.05, 0.1) is 0 Å². The van der Waals surface area contributed by atoms with Gasteiger partial charge in [0.1, 0.15) is 12.4 Å². The van der Waals surface area contributed by atoms with Crippen LogP contribution in [-0.4, -0.2) is 57.8 Å². The van der Waals surface area contributed by atoms with E-state index in [1.807, 2.05) is 18.5 Å². The maximum Gasteiger partial charge on any atom is 0.191 e. The number of halogens is 1. The maximum absolute atomic E-state index is 4.86. The topological polar surface area (TPSA) is 70.4 Å². The van der Waals surface area contributed by atoms with Crippen LogP contribution in [0.3, 0.4) is 0 Å². The number of aliphatic imine (C=N–C) groups is 1. The van der Waals surface area contributed by atoms with Gasteiger partial charge in [-0.05, 0) is 57.5 Å². The molecule has 2 heterocycles. The van der Waals surface area contributed by atoms with Gasteiger partial charge in [0.25, 0.3) is 0 Å². The molecule has 0 amide bonds. The van der Waals surface area contributed by atoms with Crippen molar-refractivity contribution >= 4 is 29.9 Å². The summed E-state index contributed by atoms with van der Waals surface area (Å²) in [7, 11) is 2.00. The summed E-state index contributed by atoms with van der Waals surface area (Å²) in [5.41, 5.74) is 0.437. The summed E-state index contributed by atoms with van der Waals surface area (Å²) in [5.74, 6) is 2.75. The zero-order chi connectivity index (χ0) is 20.0. The SMILES string of the molecule is CCN1CCCC1CNC(=NCc1nnc(C)n1C)NCC1(CC)CCCC1.I. The number of aromatic nitrogens is 3. The molecule has 2 N–H and O–H groups in total. The number of hydrogen-bond donors (Lipinski definition) is 2. The minimum Gasteiger partial charge on any atom is -0.356 e. The van der Waals surface area contributed by atoms with Crippen LogP contribution in [0.2, 0.25) is 0 Å². The molecule has 2 aliphatic rings. The smallest absolute Gasteiger partial charge is 0.191 e. The molecule has 8 heteroatoms. The van der Waals surface area contributed by atoms with E-state index in [1.54, 1.807) is 0 Å². The first-order valence-corrected chi connectivity index (χ1v) is 11.2. The molecule has 1 aliphatic heterocycles. The summed E-state index contributed by atoms with van der Waals surface area (Å²) in [6.45, 7) is 11.4. The maximum atomic E-state index is 4.86. The van der Waals surface area contributed by atoms with Crippen LogP contribution in [0, 0.1) is 12.3 Å². The minimum atomic E-state index is 0. The standard InChI is InChI=1S/C21H39N7.HI/c1-5-21(11-7-8-12-21)16-24-20(22-14-18-10-9-13-28(18)6-2)23-15-19-26-25-17(3)27(19)4;/h18H,5-16H2,1-4H3,(H2,22,23,24);1H. The predicted molar refractivity (Wildman–Crippen MR) is 130 cm³/mol. The van der Waals surface area contributed by atoms with Crippen LogP contribution in [0.5, 0.6) is 0 Å². The summed E-state index contributed by atoms with van der Waals surface area (Å²) in [5, 5.41) is 15.7. The summed E-state index contributed by atoms with van der Waals surface area (Å²) < 4.78 is 2.02. The molecule has 166 valence electrons. The van der Waals surface area contributed by atoms with E-state index in [0.717, 1.165) is 37.2 Å². The van der Waals surface area contributed by atoms with Crippen molar-refractivity contribution in [3.63, 3.8) is 0 Å². The van der Waals surface area contributed by atoms with Crippen molar-refractivity contribution in [3.8, 4) is 0 Å². The molecule has 1 aliphatic carbocycles. The van der Waals surface area contributed by atoms with Crippen LogP contribution in [0.1, 0.15) is 70.4 Å². The fraction of sp³-hybridized carbons (Fsp3) is 0.857. The normalized spacial score (nSPS) is 21.9. The second kappa shape index (κ2) is 11.5. The highest BCUT2D eigenvalue weighted by Crippen LogP contribution is 2.40. The second-order valence-corrected chi connectivity index (χ2v) is 8.61. The van der Waals surface area contributed by atoms with Crippen LogP contribution < -0.4 is 10.6 Å². The molecule has 2 fully saturated rings. The molecule has 1 unspecified atom stereocenters. The van der Waals surface area contributed by atoms with E-state index in [1.165, 1.54) is 51.5 Å². The van der Waals surface area contributed by atoms with Gasteiger partial charge in [-0.15, -0.1) is 34.2 Å². The third-order valence-corrected chi connectivity index (χ3v) is 7.02. The molecule has 0 radical (unpaired) electrons. The van der Waals surface area contributed by atoms with Gasteiger partial charge in [-0.25, -0.2) is 4.99 Å². The molecule has 3 rings (SSSR count). The van der Waals surface area contributed by atoms with E-state index in [0.29, 0.717) is 18.0 Å². The highest BCUT2D eigenvalue weighted by molar-refractivity contribution is 14.0. The molecular weight excluding hydrogens is 477 g/mol. The first kappa shape index (κ1) is 24.4. The average molecular weight is 518 g/mol. The average Bonchev–Trinajstić information content (AvgIpc) is 3.44. The van der Waals surface area contributed by atoms with Crippen molar-refractivity contribution in [3.05, 3.63) is 11.6 Å². The number of nitrogens with zero attached hydrogens (tertiary/aromatic N) is 5. The molecule has 0 spiro atoms. The van der Waals surface area contributed by atoms with Gasteiger partial charge in [-0.2, -0.15) is 0 Å². The number of likely N-dealkylation sites (tertiary alicyclic amines) is 1. The summed E-state index contributed by atoms with van der Waals surface area (Å²) in [6, 6.07) is 0.612. The first-order chi connectivity index (χ1) is 13.6. The zero-order valence-electron chi connectivity index (χ0n) is 18.7. The Morgan fingerprint density at radius 2 is 1.93 bits per heavy atom. The van der Waals surface area contributed by atoms with Crippen molar-refractivity contribution in [2.75, 3.05) is 26.2 Å². The number of likely N-dealkylation sites (N-methyl/N-ethyl adjacent to an activating group) is 1. The number of aryl methyl sites for hydroxylation is 1. The van der Waals surface area contributed by atoms with E-state index in [9.17, 15) is 0 Å². The molecule has 29 heavy (non-hydrogen) atoms. The monoisotopic (exact) mass is 517 g/mol. The second-order valence-electron chi connectivity index (χ2n) is 8.61. The Kier molecular flexibility index (Phi) is 9.65. The highest BCUT2D eigenvalue weighted by Gasteiger charge is 2.32. The van der Waals surface area contributed by atoms with E-state index in [-0.39, 0.29) is 24.0 Å². The molecule has 1 aromatic heterocycles. The van der Waals surface area contributed by atoms with Gasteiger partial charge < -0.3 is 15.2 Å². The third-order valence-electron chi connectivity index (χ3n) is 7.02. The van der Waals surface area contributed by atoms with Crippen LogP contribution in [0.25, 0.3) is 0 Å². The van der Waals surface area contributed by atoms with Crippen LogP contribution in [0.4, 0.5) is 0 Å². The summed E-state index contributed by atoms with van der Waals surface area (Å²) in [6.07, 6.45) is 9.20. The Morgan fingerprint density at radius 1 is 1.17 bits per heavy atom. The lowest BCUT2D eigenvalue weighted by atomic mass is 9.83. The fourth-order valence-electron chi connectivity index (χ4n) is 4.72. The van der Waals surface area contributed by atoms with Crippen molar-refractivity contribution in [1.82, 2.24) is 30.3 Å². The largest absolute Gasteiger partial charge is 0.356 e. The Morgan fingerprint density at radius 3 is 2.55 bits per heavy atom. The molecule has 1 saturated carbocycles. The van der Waals surface area contributed by atoms with Crippen molar-refractivity contribution in [1.29, 1.82) is 0 Å². The fourth-order valence-corrected chi connectivity index (χ4v) is 4.72. The Bertz CT molecular complexity index is 651. The van der Waals surface area contributed by atoms with Gasteiger partial charge in [0.2, 0.25) is 0 Å². The van der Waals surface area contributed by atoms with E-state index < -0.39 is 0 Å². The number of hydrogen-bond acceptors (Lipinski definition) is 4. The lowest BCUT2D eigenvalue weighted by Crippen LogP contribution is -2.47. The summed E-state index contributed by atoms with van der Waals surface area (Å²) in [4.78, 5) is 7.43. The van der Waals surface area contributed by atoms with Gasteiger partial charge in [-0.3, -0.25) is 4.90 Å². The third kappa shape index (κ3) is 6.29. The van der Waals surface area contributed by atoms with Crippen LogP contribution in [-0.2, 0) is 13.6 Å². The van der Waals surface area contributed by atoms with E-state index in [4.69, 9.17) is 4.99 Å². The lowest BCUT2D eigenvalue weighted by molar-refractivity contribution is 0.264. The van der Waals surface area contributed by atoms with Crippen molar-refractivity contribution in [2.24, 2.45) is 17.5 Å². The zero-order valence-corrected chi connectivity index (χ0v) is 21.0. The predicted octanol–water partition coefficient (Wildman–Crippen LogP) is 3.23. The Labute approximate surface area is 193 Å². The first-order valence-electron chi connectivity index (χ1n) is 11.2. The highest BCUT2D eigenvalue weighted by atomic mass is 127. The van der Waals surface area contributed by atoms with Gasteiger partial charge >= 0.3 is 0 Å². The number of guanidine groups is 1. The van der Waals surface area contributed by atoms with E-state index in [2.05, 4.69) is 39.6 Å². The van der Waals surface area contributed by atoms with Gasteiger partial charge in [0.15, 0.2) is 11.8 Å². The number of nitrogens with one attached hydrogen (secondary N) is 2.